The molecule has 2 amide bonds. The molecule has 1 aromatic carbocycles. The second-order valence-corrected chi connectivity index (χ2v) is 4.40. The van der Waals surface area contributed by atoms with E-state index in [4.69, 9.17) is 10.2 Å². The fraction of sp³-hybridized carbons (Fsp3) is 0.231. The number of imide groups is 1. The van der Waals surface area contributed by atoms with Crippen LogP contribution >= 0.6 is 0 Å². The number of carboxylic acid groups (broad SMARTS) is 2. The zero-order chi connectivity index (χ0) is 14.9. The maximum atomic E-state index is 12.0. The van der Waals surface area contributed by atoms with Gasteiger partial charge in [0.2, 0.25) is 0 Å². The molecule has 1 aliphatic heterocycles. The molecule has 0 radical (unpaired) electrons. The van der Waals surface area contributed by atoms with Crippen LogP contribution in [0.4, 0.5) is 0 Å². The molecule has 1 atom stereocenters. The van der Waals surface area contributed by atoms with E-state index in [1.54, 1.807) is 12.1 Å². The number of hydrogen-bond donors (Lipinski definition) is 2. The highest BCUT2D eigenvalue weighted by Crippen LogP contribution is 2.24. The van der Waals surface area contributed by atoms with Gasteiger partial charge in [0.25, 0.3) is 11.8 Å². The number of aliphatic carboxylic acids is 2. The van der Waals surface area contributed by atoms with Gasteiger partial charge in [0.15, 0.2) is 0 Å². The Morgan fingerprint density at radius 3 is 1.95 bits per heavy atom. The van der Waals surface area contributed by atoms with Gasteiger partial charge in [-0.2, -0.15) is 0 Å². The van der Waals surface area contributed by atoms with Gasteiger partial charge < -0.3 is 10.2 Å². The third-order valence-corrected chi connectivity index (χ3v) is 3.05. The van der Waals surface area contributed by atoms with Crippen LogP contribution in [0.1, 0.15) is 27.1 Å². The molecule has 104 valence electrons. The number of benzene rings is 1. The van der Waals surface area contributed by atoms with Crippen LogP contribution in [-0.2, 0) is 9.59 Å². The van der Waals surface area contributed by atoms with E-state index >= 15 is 0 Å². The van der Waals surface area contributed by atoms with Gasteiger partial charge in [-0.3, -0.25) is 24.1 Å². The third kappa shape index (κ3) is 2.37. The SMILES string of the molecule is O=C(O)CC(CN1C(=O)c2ccccc2C1=O)C(=O)O. The number of carbonyl (C=O) groups is 4. The van der Waals surface area contributed by atoms with E-state index in [-0.39, 0.29) is 11.1 Å². The van der Waals surface area contributed by atoms with Crippen molar-refractivity contribution >= 4 is 23.8 Å². The fourth-order valence-corrected chi connectivity index (χ4v) is 2.07. The molecule has 1 aliphatic rings. The van der Waals surface area contributed by atoms with E-state index in [1.807, 2.05) is 0 Å². The average molecular weight is 277 g/mol. The van der Waals surface area contributed by atoms with E-state index in [9.17, 15) is 19.2 Å². The van der Waals surface area contributed by atoms with Crippen molar-refractivity contribution in [2.75, 3.05) is 6.54 Å². The smallest absolute Gasteiger partial charge is 0.308 e. The largest absolute Gasteiger partial charge is 0.481 e. The number of amides is 2. The van der Waals surface area contributed by atoms with Gasteiger partial charge in [-0.25, -0.2) is 0 Å². The predicted octanol–water partition coefficient (Wildman–Crippen LogP) is 0.458. The Bertz CT molecular complexity index is 574. The van der Waals surface area contributed by atoms with Crippen LogP contribution in [-0.4, -0.2) is 45.4 Å². The van der Waals surface area contributed by atoms with Crippen LogP contribution < -0.4 is 0 Å². The summed E-state index contributed by atoms with van der Waals surface area (Å²) >= 11 is 0. The minimum atomic E-state index is -1.36. The molecule has 7 heteroatoms. The van der Waals surface area contributed by atoms with E-state index < -0.39 is 42.6 Å². The Morgan fingerprint density at radius 2 is 1.55 bits per heavy atom. The quantitative estimate of drug-likeness (QED) is 0.756. The first-order valence-corrected chi connectivity index (χ1v) is 5.81. The van der Waals surface area contributed by atoms with Crippen molar-refractivity contribution < 1.29 is 29.4 Å². The minimum Gasteiger partial charge on any atom is -0.481 e. The second kappa shape index (κ2) is 5.12. The van der Waals surface area contributed by atoms with Gasteiger partial charge in [-0.15, -0.1) is 0 Å². The number of nitrogens with zero attached hydrogens (tertiary/aromatic N) is 1. The van der Waals surface area contributed by atoms with E-state index in [2.05, 4.69) is 0 Å². The Labute approximate surface area is 113 Å². The van der Waals surface area contributed by atoms with Gasteiger partial charge in [-0.05, 0) is 12.1 Å². The topological polar surface area (TPSA) is 112 Å². The molecule has 0 saturated carbocycles. The van der Waals surface area contributed by atoms with Crippen LogP contribution in [0.5, 0.6) is 0 Å². The van der Waals surface area contributed by atoms with Crippen LogP contribution in [0.15, 0.2) is 24.3 Å². The third-order valence-electron chi connectivity index (χ3n) is 3.05. The van der Waals surface area contributed by atoms with Gasteiger partial charge in [0.05, 0.1) is 23.5 Å². The van der Waals surface area contributed by atoms with Crippen molar-refractivity contribution in [1.82, 2.24) is 4.90 Å². The molecule has 1 unspecified atom stereocenters. The van der Waals surface area contributed by atoms with Crippen LogP contribution in [0.3, 0.4) is 0 Å². The number of carbonyl (C=O) groups excluding carboxylic acids is 2. The Balaban J connectivity index is 2.23. The van der Waals surface area contributed by atoms with Crippen molar-refractivity contribution in [2.24, 2.45) is 5.92 Å². The summed E-state index contributed by atoms with van der Waals surface area (Å²) in [5.74, 6) is -5.17. The average Bonchev–Trinajstić information content (AvgIpc) is 2.63. The van der Waals surface area contributed by atoms with E-state index in [1.165, 1.54) is 12.1 Å². The van der Waals surface area contributed by atoms with Crippen molar-refractivity contribution in [3.8, 4) is 0 Å². The maximum Gasteiger partial charge on any atom is 0.308 e. The number of fused-ring (bicyclic) bond motifs is 1. The molecule has 0 aliphatic carbocycles. The normalized spacial score (nSPS) is 15.1. The fourth-order valence-electron chi connectivity index (χ4n) is 2.07. The highest BCUT2D eigenvalue weighted by Gasteiger charge is 2.38. The molecule has 1 heterocycles. The summed E-state index contributed by atoms with van der Waals surface area (Å²) in [6, 6.07) is 6.14. The summed E-state index contributed by atoms with van der Waals surface area (Å²) in [7, 11) is 0. The zero-order valence-electron chi connectivity index (χ0n) is 10.3. The molecule has 20 heavy (non-hydrogen) atoms. The number of carboxylic acids is 2. The second-order valence-electron chi connectivity index (χ2n) is 4.40. The highest BCUT2D eigenvalue weighted by atomic mass is 16.4. The minimum absolute atomic E-state index is 0.206. The monoisotopic (exact) mass is 277 g/mol. The first kappa shape index (κ1) is 13.7. The Kier molecular flexibility index (Phi) is 3.51. The van der Waals surface area contributed by atoms with Crippen molar-refractivity contribution in [3.05, 3.63) is 35.4 Å². The van der Waals surface area contributed by atoms with Gasteiger partial charge >= 0.3 is 11.9 Å². The summed E-state index contributed by atoms with van der Waals surface area (Å²) in [6.07, 6.45) is -0.650. The van der Waals surface area contributed by atoms with Crippen LogP contribution in [0.2, 0.25) is 0 Å². The summed E-state index contributed by atoms with van der Waals surface area (Å²) in [5.41, 5.74) is 0.411. The maximum absolute atomic E-state index is 12.0. The summed E-state index contributed by atoms with van der Waals surface area (Å²) in [4.78, 5) is 46.4. The van der Waals surface area contributed by atoms with Crippen molar-refractivity contribution in [2.45, 2.75) is 6.42 Å². The first-order chi connectivity index (χ1) is 9.41. The molecule has 2 rings (SSSR count). The molecule has 0 fully saturated rings. The molecule has 1 aromatic rings. The standard InChI is InChI=1S/C13H11NO6/c15-10(16)5-7(13(19)20)6-14-11(17)8-3-1-2-4-9(8)12(14)18/h1-4,7H,5-6H2,(H,15,16)(H,19,20). The lowest BCUT2D eigenvalue weighted by Gasteiger charge is -2.18. The molecular formula is C13H11NO6. The van der Waals surface area contributed by atoms with E-state index in [0.717, 1.165) is 4.90 Å². The Morgan fingerprint density at radius 1 is 1.05 bits per heavy atom. The van der Waals surface area contributed by atoms with Crippen LogP contribution in [0.25, 0.3) is 0 Å². The molecule has 2 N–H and O–H groups in total. The summed E-state index contributed by atoms with van der Waals surface area (Å²) in [6.45, 7) is -0.450. The van der Waals surface area contributed by atoms with E-state index in [0.29, 0.717) is 0 Å². The van der Waals surface area contributed by atoms with Crippen LogP contribution in [0, 0.1) is 5.92 Å². The lowest BCUT2D eigenvalue weighted by Crippen LogP contribution is -2.38. The lowest BCUT2D eigenvalue weighted by atomic mass is 10.1. The lowest BCUT2D eigenvalue weighted by molar-refractivity contribution is -0.148. The van der Waals surface area contributed by atoms with Crippen molar-refractivity contribution in [3.63, 3.8) is 0 Å². The highest BCUT2D eigenvalue weighted by molar-refractivity contribution is 6.21. The van der Waals surface area contributed by atoms with Gasteiger partial charge in [-0.1, -0.05) is 12.1 Å². The van der Waals surface area contributed by atoms with Crippen molar-refractivity contribution in [1.29, 1.82) is 0 Å². The Hall–Kier alpha value is -2.70. The number of rotatable bonds is 5. The molecule has 0 saturated heterocycles. The molecule has 0 bridgehead atoms. The zero-order valence-corrected chi connectivity index (χ0v) is 10.3. The summed E-state index contributed by atoms with van der Waals surface area (Å²) in [5, 5.41) is 17.6. The molecule has 0 spiro atoms. The number of hydrogen-bond acceptors (Lipinski definition) is 4. The predicted molar refractivity (Wildman–Crippen MR) is 65.2 cm³/mol. The van der Waals surface area contributed by atoms with Gasteiger partial charge in [0.1, 0.15) is 0 Å². The van der Waals surface area contributed by atoms with Gasteiger partial charge in [0, 0.05) is 6.54 Å². The molecule has 0 aromatic heterocycles. The first-order valence-electron chi connectivity index (χ1n) is 5.81. The molecule has 7 nitrogen and oxygen atoms in total. The molecular weight excluding hydrogens is 266 g/mol. The summed E-state index contributed by atoms with van der Waals surface area (Å²) < 4.78 is 0.